The van der Waals surface area contributed by atoms with Crippen molar-refractivity contribution in [1.82, 2.24) is 40.0 Å². The molecular weight excluding hydrogens is 478 g/mol. The third-order valence-corrected chi connectivity index (χ3v) is 6.65. The summed E-state index contributed by atoms with van der Waals surface area (Å²) in [5.41, 5.74) is 2.41. The summed E-state index contributed by atoms with van der Waals surface area (Å²) in [4.78, 5) is 30.1. The van der Waals surface area contributed by atoms with E-state index >= 15 is 0 Å². The number of aromatic nitrogens is 7. The van der Waals surface area contributed by atoms with Crippen LogP contribution in [0.2, 0.25) is 0 Å². The van der Waals surface area contributed by atoms with Gasteiger partial charge in [0.25, 0.3) is 5.91 Å². The zero-order chi connectivity index (χ0) is 25.4. The number of H-pyrrole nitrogens is 1. The maximum Gasteiger partial charge on any atom is 0.270 e. The van der Waals surface area contributed by atoms with Crippen molar-refractivity contribution in [1.29, 1.82) is 0 Å². The highest BCUT2D eigenvalue weighted by Gasteiger charge is 2.29. The Hall–Kier alpha value is -4.54. The smallest absolute Gasteiger partial charge is 0.270 e. The summed E-state index contributed by atoms with van der Waals surface area (Å²) < 4.78 is 30.6. The first-order chi connectivity index (χ1) is 18.1. The highest BCUT2D eigenvalue weighted by molar-refractivity contribution is 5.92. The van der Waals surface area contributed by atoms with Crippen molar-refractivity contribution in [3.8, 4) is 22.9 Å². The van der Waals surface area contributed by atoms with Crippen LogP contribution in [0.4, 0.5) is 8.78 Å². The number of pyridine rings is 2. The third-order valence-electron chi connectivity index (χ3n) is 6.65. The molecule has 37 heavy (non-hydrogen) atoms. The number of amides is 1. The fourth-order valence-corrected chi connectivity index (χ4v) is 4.98. The van der Waals surface area contributed by atoms with Crippen LogP contribution >= 0.6 is 0 Å². The summed E-state index contributed by atoms with van der Waals surface area (Å²) in [6, 6.07) is 10.5. The first-order valence-electron chi connectivity index (χ1n) is 12.0. The van der Waals surface area contributed by atoms with Crippen LogP contribution in [-0.4, -0.2) is 46.6 Å². The fourth-order valence-electron chi connectivity index (χ4n) is 4.98. The number of fused-ring (bicyclic) bond motifs is 1. The number of halogens is 2. The van der Waals surface area contributed by atoms with Crippen molar-refractivity contribution in [2.75, 3.05) is 0 Å². The van der Waals surface area contributed by atoms with Crippen molar-refractivity contribution in [3.63, 3.8) is 0 Å². The number of carbonyl (C=O) groups excluding carboxylic acids is 1. The van der Waals surface area contributed by atoms with Gasteiger partial charge in [0.1, 0.15) is 40.7 Å². The van der Waals surface area contributed by atoms with Crippen LogP contribution in [0, 0.1) is 11.6 Å². The highest BCUT2D eigenvalue weighted by atomic mass is 19.1. The number of benzene rings is 1. The molecule has 4 aromatic heterocycles. The SMILES string of the molecule is O=C(N[C@H]1CCC[C@@H](n2c(-c3ccccc3F)nc3cnc(-c4ncn[nH]4)cc32)C1)c1cc(F)ccn1. The molecule has 5 aromatic rings. The number of imidazole rings is 1. The Morgan fingerprint density at radius 2 is 1.97 bits per heavy atom. The predicted octanol–water partition coefficient (Wildman–Crippen LogP) is 4.47. The summed E-state index contributed by atoms with van der Waals surface area (Å²) >= 11 is 0. The molecule has 0 radical (unpaired) electrons. The molecule has 0 unspecified atom stereocenters. The lowest BCUT2D eigenvalue weighted by Gasteiger charge is -2.32. The number of carbonyl (C=O) groups is 1. The van der Waals surface area contributed by atoms with E-state index in [0.717, 1.165) is 30.8 Å². The molecule has 0 spiro atoms. The Morgan fingerprint density at radius 3 is 2.78 bits per heavy atom. The molecular formula is C26H22F2N8O. The van der Waals surface area contributed by atoms with E-state index < -0.39 is 11.7 Å². The van der Waals surface area contributed by atoms with Crippen molar-refractivity contribution < 1.29 is 13.6 Å². The van der Waals surface area contributed by atoms with Gasteiger partial charge in [-0.3, -0.25) is 19.9 Å². The Bertz CT molecular complexity index is 1580. The van der Waals surface area contributed by atoms with Crippen LogP contribution in [0.5, 0.6) is 0 Å². The lowest BCUT2D eigenvalue weighted by molar-refractivity contribution is 0.0915. The molecule has 1 aromatic carbocycles. The van der Waals surface area contributed by atoms with Gasteiger partial charge in [0.05, 0.1) is 17.3 Å². The Morgan fingerprint density at radius 1 is 1.08 bits per heavy atom. The second-order valence-electron chi connectivity index (χ2n) is 9.03. The summed E-state index contributed by atoms with van der Waals surface area (Å²) in [5.74, 6) is -0.309. The number of rotatable bonds is 5. The van der Waals surface area contributed by atoms with Crippen LogP contribution < -0.4 is 5.32 Å². The molecule has 1 fully saturated rings. The van der Waals surface area contributed by atoms with Gasteiger partial charge in [0.2, 0.25) is 0 Å². The third kappa shape index (κ3) is 4.44. The summed E-state index contributed by atoms with van der Waals surface area (Å²) in [6.45, 7) is 0. The van der Waals surface area contributed by atoms with Crippen LogP contribution in [0.1, 0.15) is 42.2 Å². The molecule has 186 valence electrons. The predicted molar refractivity (Wildman–Crippen MR) is 131 cm³/mol. The number of aromatic amines is 1. The molecule has 0 bridgehead atoms. The maximum absolute atomic E-state index is 14.9. The van der Waals surface area contributed by atoms with Crippen LogP contribution in [0.3, 0.4) is 0 Å². The van der Waals surface area contributed by atoms with E-state index in [2.05, 4.69) is 30.5 Å². The van der Waals surface area contributed by atoms with Crippen molar-refractivity contribution in [3.05, 3.63) is 78.5 Å². The van der Waals surface area contributed by atoms with E-state index in [4.69, 9.17) is 4.98 Å². The van der Waals surface area contributed by atoms with Crippen molar-refractivity contribution >= 4 is 16.9 Å². The first-order valence-corrected chi connectivity index (χ1v) is 12.0. The normalized spacial score (nSPS) is 17.7. The fraction of sp³-hybridized carbons (Fsp3) is 0.231. The van der Waals surface area contributed by atoms with E-state index in [9.17, 15) is 13.6 Å². The van der Waals surface area contributed by atoms with E-state index in [1.807, 2.05) is 10.6 Å². The van der Waals surface area contributed by atoms with Crippen LogP contribution in [0.25, 0.3) is 33.9 Å². The number of hydrogen-bond acceptors (Lipinski definition) is 6. The maximum atomic E-state index is 14.9. The summed E-state index contributed by atoms with van der Waals surface area (Å²) in [6.07, 6.45) is 7.33. The minimum absolute atomic E-state index is 0.0324. The van der Waals surface area contributed by atoms with Gasteiger partial charge in [-0.05, 0) is 49.9 Å². The largest absolute Gasteiger partial charge is 0.348 e. The monoisotopic (exact) mass is 500 g/mol. The van der Waals surface area contributed by atoms with E-state index in [1.165, 1.54) is 24.7 Å². The van der Waals surface area contributed by atoms with Gasteiger partial charge in [0, 0.05) is 24.3 Å². The van der Waals surface area contributed by atoms with Gasteiger partial charge in [-0.1, -0.05) is 12.1 Å². The standard InChI is InChI=1S/C26H22F2N8O/c27-15-8-9-29-21(10-15)26(37)33-16-4-3-5-17(11-16)36-23-12-20(24-31-14-32-35-24)30-13-22(23)34-25(36)18-6-1-2-7-19(18)28/h1-2,6-10,12-14,16-17H,3-5,11H2,(H,33,37)(H,31,32,35)/t16-,17+/m0/s1. The zero-order valence-electron chi connectivity index (χ0n) is 19.6. The number of hydrogen-bond donors (Lipinski definition) is 2. The lowest BCUT2D eigenvalue weighted by atomic mass is 9.90. The molecule has 6 rings (SSSR count). The molecule has 1 amide bonds. The molecule has 0 aliphatic heterocycles. The minimum atomic E-state index is -0.516. The van der Waals surface area contributed by atoms with Crippen molar-refractivity contribution in [2.24, 2.45) is 0 Å². The molecule has 2 N–H and O–H groups in total. The molecule has 0 saturated heterocycles. The minimum Gasteiger partial charge on any atom is -0.348 e. The van der Waals surface area contributed by atoms with E-state index in [-0.39, 0.29) is 23.6 Å². The zero-order valence-corrected chi connectivity index (χ0v) is 19.6. The Balaban J connectivity index is 1.39. The molecule has 9 nitrogen and oxygen atoms in total. The van der Waals surface area contributed by atoms with Gasteiger partial charge in [-0.25, -0.2) is 18.7 Å². The average molecular weight is 501 g/mol. The second-order valence-corrected chi connectivity index (χ2v) is 9.03. The second kappa shape index (κ2) is 9.49. The van der Waals surface area contributed by atoms with E-state index in [1.54, 1.807) is 24.4 Å². The lowest BCUT2D eigenvalue weighted by Crippen LogP contribution is -2.39. The van der Waals surface area contributed by atoms with Gasteiger partial charge < -0.3 is 9.88 Å². The molecule has 11 heteroatoms. The van der Waals surface area contributed by atoms with Crippen LogP contribution in [-0.2, 0) is 0 Å². The Kier molecular flexibility index (Phi) is 5.87. The average Bonchev–Trinajstić information content (AvgIpc) is 3.57. The van der Waals surface area contributed by atoms with Crippen molar-refractivity contribution in [2.45, 2.75) is 37.8 Å². The molecule has 2 atom stereocenters. The van der Waals surface area contributed by atoms with E-state index in [0.29, 0.717) is 34.8 Å². The van der Waals surface area contributed by atoms with Gasteiger partial charge >= 0.3 is 0 Å². The summed E-state index contributed by atoms with van der Waals surface area (Å²) in [5, 5.41) is 9.72. The first kappa shape index (κ1) is 22.9. The summed E-state index contributed by atoms with van der Waals surface area (Å²) in [7, 11) is 0. The topological polar surface area (TPSA) is 114 Å². The molecule has 1 aliphatic carbocycles. The van der Waals surface area contributed by atoms with Gasteiger partial charge in [-0.2, -0.15) is 5.10 Å². The van der Waals surface area contributed by atoms with Crippen LogP contribution in [0.15, 0.2) is 61.2 Å². The number of nitrogens with zero attached hydrogens (tertiary/aromatic N) is 6. The highest BCUT2D eigenvalue weighted by Crippen LogP contribution is 2.37. The molecule has 1 aliphatic rings. The number of nitrogens with one attached hydrogen (secondary N) is 2. The van der Waals surface area contributed by atoms with Gasteiger partial charge in [0.15, 0.2) is 5.82 Å². The quantitative estimate of drug-likeness (QED) is 0.368. The molecule has 4 heterocycles. The molecule has 1 saturated carbocycles. The van der Waals surface area contributed by atoms with Gasteiger partial charge in [-0.15, -0.1) is 0 Å². The Labute approximate surface area is 210 Å².